The molecule has 3 aromatic heterocycles. The first kappa shape index (κ1) is 19.1. The van der Waals surface area contributed by atoms with Gasteiger partial charge in [0.1, 0.15) is 11.3 Å². The van der Waals surface area contributed by atoms with Crippen LogP contribution in [0.15, 0.2) is 41.2 Å². The topological polar surface area (TPSA) is 93.9 Å². The molecule has 4 rings (SSSR count). The van der Waals surface area contributed by atoms with Crippen LogP contribution in [0.3, 0.4) is 0 Å². The summed E-state index contributed by atoms with van der Waals surface area (Å²) in [6.07, 6.45) is 5.51. The summed E-state index contributed by atoms with van der Waals surface area (Å²) in [5, 5.41) is 5.54. The number of hydrogen-bond donors (Lipinski definition) is 1. The number of benzene rings is 1. The number of halogens is 1. The number of rotatable bonds is 7. The van der Waals surface area contributed by atoms with Crippen molar-refractivity contribution in [3.05, 3.63) is 47.2 Å². The van der Waals surface area contributed by atoms with Crippen LogP contribution in [0.1, 0.15) is 25.8 Å². The Hall–Kier alpha value is -3.19. The molecule has 29 heavy (non-hydrogen) atoms. The van der Waals surface area contributed by atoms with E-state index in [1.54, 1.807) is 12.3 Å². The van der Waals surface area contributed by atoms with E-state index in [0.29, 0.717) is 41.0 Å². The van der Waals surface area contributed by atoms with E-state index in [1.165, 1.54) is 0 Å². The van der Waals surface area contributed by atoms with Gasteiger partial charge < -0.3 is 19.0 Å². The molecule has 0 amide bonds. The summed E-state index contributed by atoms with van der Waals surface area (Å²) in [6.45, 7) is 3.81. The number of nitrogens with one attached hydrogen (secondary N) is 1. The summed E-state index contributed by atoms with van der Waals surface area (Å²) in [5.74, 6) is 1.13. The Kier molecular flexibility index (Phi) is 5.31. The monoisotopic (exact) mass is 410 g/mol. The lowest BCUT2D eigenvalue weighted by molar-refractivity contribution is -0.107. The Balaban J connectivity index is 1.67. The van der Waals surface area contributed by atoms with Gasteiger partial charge in [0.05, 0.1) is 17.2 Å². The van der Waals surface area contributed by atoms with Crippen molar-refractivity contribution in [3.8, 4) is 28.7 Å². The number of aromatic amines is 1. The molecule has 8 heteroatoms. The van der Waals surface area contributed by atoms with Gasteiger partial charge in [-0.05, 0) is 44.0 Å². The minimum Gasteiger partial charge on any atom is -0.474 e. The number of pyridine rings is 1. The highest BCUT2D eigenvalue weighted by atomic mass is 35.5. The molecule has 1 aromatic carbocycles. The van der Waals surface area contributed by atoms with Crippen LogP contribution in [-0.2, 0) is 11.2 Å². The number of carbonyl (C=O) groups excluding carboxylic acids is 1. The number of H-pyrrole nitrogens is 1. The molecule has 3 heterocycles. The van der Waals surface area contributed by atoms with E-state index in [4.69, 9.17) is 20.9 Å². The van der Waals surface area contributed by atoms with Gasteiger partial charge in [-0.15, -0.1) is 0 Å². The van der Waals surface area contributed by atoms with E-state index in [2.05, 4.69) is 20.1 Å². The van der Waals surface area contributed by atoms with E-state index in [0.717, 1.165) is 28.3 Å². The molecule has 0 fully saturated rings. The Labute approximate surface area is 172 Å². The fraction of sp³-hybridized carbons (Fsp3) is 0.238. The molecule has 0 spiro atoms. The first-order chi connectivity index (χ1) is 14.1. The third kappa shape index (κ3) is 3.86. The molecule has 7 nitrogen and oxygen atoms in total. The van der Waals surface area contributed by atoms with Crippen molar-refractivity contribution < 1.29 is 14.1 Å². The normalized spacial score (nSPS) is 11.3. The number of fused-ring (bicyclic) bond motifs is 1. The van der Waals surface area contributed by atoms with Crippen LogP contribution in [-0.4, -0.2) is 32.5 Å². The number of aldehydes is 1. The standard InChI is InChI=1S/C21H19ClN4O3/c1-12(2)28-21-17(22)10-14(11-24-21)20-25-19(26-29-20)16-6-5-13(4-3-9-27)15-7-8-23-18(15)16/h5-12,23H,3-4H2,1-2H3. The SMILES string of the molecule is CC(C)Oc1ncc(-c2nc(-c3ccc(CCC=O)c4cc[nH]c34)no2)cc1Cl. The molecule has 0 aliphatic heterocycles. The summed E-state index contributed by atoms with van der Waals surface area (Å²) in [6, 6.07) is 7.59. The van der Waals surface area contributed by atoms with Crippen LogP contribution in [0.25, 0.3) is 33.7 Å². The Morgan fingerprint density at radius 2 is 2.17 bits per heavy atom. The van der Waals surface area contributed by atoms with E-state index >= 15 is 0 Å². The molecule has 4 aromatic rings. The third-order valence-corrected chi connectivity index (χ3v) is 4.68. The van der Waals surface area contributed by atoms with Crippen molar-refractivity contribution in [2.45, 2.75) is 32.8 Å². The molecule has 1 N–H and O–H groups in total. The predicted molar refractivity (Wildman–Crippen MR) is 110 cm³/mol. The molecule has 0 saturated heterocycles. The maximum atomic E-state index is 10.7. The lowest BCUT2D eigenvalue weighted by Crippen LogP contribution is -2.07. The van der Waals surface area contributed by atoms with Crippen LogP contribution in [0.5, 0.6) is 5.88 Å². The van der Waals surface area contributed by atoms with Gasteiger partial charge in [0.25, 0.3) is 5.89 Å². The molecular weight excluding hydrogens is 392 g/mol. The average molecular weight is 411 g/mol. The van der Waals surface area contributed by atoms with Crippen molar-refractivity contribution in [1.29, 1.82) is 0 Å². The van der Waals surface area contributed by atoms with Gasteiger partial charge in [0, 0.05) is 29.8 Å². The zero-order chi connectivity index (χ0) is 20.4. The van der Waals surface area contributed by atoms with Crippen molar-refractivity contribution in [3.63, 3.8) is 0 Å². The molecule has 0 atom stereocenters. The number of carbonyl (C=O) groups is 1. The molecule has 0 bridgehead atoms. The molecule has 0 saturated carbocycles. The lowest BCUT2D eigenvalue weighted by atomic mass is 10.0. The molecule has 0 aliphatic rings. The quantitative estimate of drug-likeness (QED) is 0.437. The Morgan fingerprint density at radius 3 is 2.93 bits per heavy atom. The summed E-state index contributed by atoms with van der Waals surface area (Å²) in [5.41, 5.74) is 3.42. The van der Waals surface area contributed by atoms with Gasteiger partial charge in [-0.1, -0.05) is 22.8 Å². The summed E-state index contributed by atoms with van der Waals surface area (Å²) in [4.78, 5) is 22.7. The second-order valence-electron chi connectivity index (χ2n) is 6.84. The second-order valence-corrected chi connectivity index (χ2v) is 7.25. The van der Waals surface area contributed by atoms with Crippen LogP contribution in [0, 0.1) is 0 Å². The zero-order valence-electron chi connectivity index (χ0n) is 16.0. The van der Waals surface area contributed by atoms with Gasteiger partial charge >= 0.3 is 0 Å². The van der Waals surface area contributed by atoms with Crippen molar-refractivity contribution in [2.75, 3.05) is 0 Å². The highest BCUT2D eigenvalue weighted by Gasteiger charge is 2.17. The summed E-state index contributed by atoms with van der Waals surface area (Å²) < 4.78 is 11.0. The first-order valence-electron chi connectivity index (χ1n) is 9.26. The number of ether oxygens (including phenoxy) is 1. The van der Waals surface area contributed by atoms with Crippen molar-refractivity contribution in [1.82, 2.24) is 20.1 Å². The fourth-order valence-electron chi connectivity index (χ4n) is 3.14. The highest BCUT2D eigenvalue weighted by molar-refractivity contribution is 6.32. The molecule has 148 valence electrons. The minimum absolute atomic E-state index is 0.0291. The minimum atomic E-state index is -0.0291. The summed E-state index contributed by atoms with van der Waals surface area (Å²) in [7, 11) is 0. The molecular formula is C21H19ClN4O3. The van der Waals surface area contributed by atoms with Crippen LogP contribution in [0.2, 0.25) is 5.02 Å². The van der Waals surface area contributed by atoms with Crippen LogP contribution < -0.4 is 4.74 Å². The molecule has 0 radical (unpaired) electrons. The summed E-state index contributed by atoms with van der Waals surface area (Å²) >= 11 is 6.26. The fourth-order valence-corrected chi connectivity index (χ4v) is 3.35. The second kappa shape index (κ2) is 8.05. The lowest BCUT2D eigenvalue weighted by Gasteiger charge is -2.09. The van der Waals surface area contributed by atoms with Crippen molar-refractivity contribution >= 4 is 28.8 Å². The average Bonchev–Trinajstić information content (AvgIpc) is 3.37. The maximum Gasteiger partial charge on any atom is 0.259 e. The van der Waals surface area contributed by atoms with Gasteiger partial charge in [-0.25, -0.2) is 4.98 Å². The van der Waals surface area contributed by atoms with E-state index in [9.17, 15) is 4.79 Å². The Morgan fingerprint density at radius 1 is 1.31 bits per heavy atom. The molecule has 0 aliphatic carbocycles. The van der Waals surface area contributed by atoms with E-state index in [1.807, 2.05) is 38.2 Å². The van der Waals surface area contributed by atoms with Crippen LogP contribution >= 0.6 is 11.6 Å². The van der Waals surface area contributed by atoms with E-state index in [-0.39, 0.29) is 6.10 Å². The van der Waals surface area contributed by atoms with Gasteiger partial charge in [-0.2, -0.15) is 4.98 Å². The van der Waals surface area contributed by atoms with Crippen molar-refractivity contribution in [2.24, 2.45) is 0 Å². The predicted octanol–water partition coefficient (Wildman–Crippen LogP) is 4.85. The smallest absolute Gasteiger partial charge is 0.259 e. The maximum absolute atomic E-state index is 10.7. The number of aryl methyl sites for hydroxylation is 1. The zero-order valence-corrected chi connectivity index (χ0v) is 16.7. The van der Waals surface area contributed by atoms with Gasteiger partial charge in [-0.3, -0.25) is 0 Å². The third-order valence-electron chi connectivity index (χ3n) is 4.41. The van der Waals surface area contributed by atoms with Crippen LogP contribution in [0.4, 0.5) is 0 Å². The van der Waals surface area contributed by atoms with Gasteiger partial charge in [0.2, 0.25) is 11.7 Å². The molecule has 0 unspecified atom stereocenters. The Bertz CT molecular complexity index is 1170. The van der Waals surface area contributed by atoms with E-state index < -0.39 is 0 Å². The number of nitrogens with zero attached hydrogens (tertiary/aromatic N) is 3. The first-order valence-corrected chi connectivity index (χ1v) is 9.64. The number of hydrogen-bond acceptors (Lipinski definition) is 6. The highest BCUT2D eigenvalue weighted by Crippen LogP contribution is 2.32. The number of aromatic nitrogens is 4. The largest absolute Gasteiger partial charge is 0.474 e. The van der Waals surface area contributed by atoms with Gasteiger partial charge in [0.15, 0.2) is 0 Å².